The Morgan fingerprint density at radius 2 is 1.82 bits per heavy atom. The molecule has 1 saturated heterocycles. The Kier molecular flexibility index (Phi) is 4.46. The second kappa shape index (κ2) is 5.45. The molecule has 17 heavy (non-hydrogen) atoms. The van der Waals surface area contributed by atoms with Crippen LogP contribution in [0.25, 0.3) is 0 Å². The van der Waals surface area contributed by atoms with Crippen molar-refractivity contribution in [2.24, 2.45) is 0 Å². The first-order valence-electron chi connectivity index (χ1n) is 6.04. The summed E-state index contributed by atoms with van der Waals surface area (Å²) in [4.78, 5) is 24.5. The minimum atomic E-state index is -0.0711. The number of nitrogens with zero attached hydrogens (tertiary/aromatic N) is 1. The number of rotatable bonds is 4. The first-order valence-corrected chi connectivity index (χ1v) is 6.04. The molecule has 0 radical (unpaired) electrons. The Hall–Kier alpha value is -1.16. The van der Waals surface area contributed by atoms with Crippen molar-refractivity contribution >= 4 is 11.8 Å². The molecule has 0 aromatic heterocycles. The van der Waals surface area contributed by atoms with Gasteiger partial charge in [-0.1, -0.05) is 6.58 Å². The molecule has 2 amide bonds. The van der Waals surface area contributed by atoms with Crippen LogP contribution in [0.15, 0.2) is 12.2 Å². The van der Waals surface area contributed by atoms with Gasteiger partial charge in [-0.05, 0) is 32.8 Å². The van der Waals surface area contributed by atoms with E-state index in [1.54, 1.807) is 0 Å². The number of amides is 2. The highest BCUT2D eigenvalue weighted by Gasteiger charge is 2.26. The summed E-state index contributed by atoms with van der Waals surface area (Å²) in [6.45, 7) is 11.1. The zero-order valence-corrected chi connectivity index (χ0v) is 11.0. The van der Waals surface area contributed by atoms with Crippen LogP contribution in [-0.4, -0.2) is 35.3 Å². The smallest absolute Gasteiger partial charge is 0.229 e. The summed E-state index contributed by atoms with van der Waals surface area (Å²) in [5.41, 5.74) is 0.877. The predicted molar refractivity (Wildman–Crippen MR) is 67.5 cm³/mol. The highest BCUT2D eigenvalue weighted by Crippen LogP contribution is 2.13. The van der Waals surface area contributed by atoms with Gasteiger partial charge in [0.25, 0.3) is 0 Å². The van der Waals surface area contributed by atoms with Crippen LogP contribution < -0.4 is 5.32 Å². The number of carbonyl (C=O) groups is 2. The number of hydrogen-bond acceptors (Lipinski definition) is 3. The molecule has 1 heterocycles. The van der Waals surface area contributed by atoms with Crippen LogP contribution >= 0.6 is 0 Å². The third kappa shape index (κ3) is 4.69. The van der Waals surface area contributed by atoms with E-state index in [4.69, 9.17) is 0 Å². The fraction of sp³-hybridized carbons (Fsp3) is 0.692. The average Bonchev–Trinajstić information content (AvgIpc) is 2.20. The lowest BCUT2D eigenvalue weighted by molar-refractivity contribution is -0.147. The van der Waals surface area contributed by atoms with Crippen molar-refractivity contribution in [1.82, 2.24) is 10.2 Å². The monoisotopic (exact) mass is 238 g/mol. The van der Waals surface area contributed by atoms with E-state index >= 15 is 0 Å². The van der Waals surface area contributed by atoms with Crippen LogP contribution in [0.1, 0.15) is 40.0 Å². The maximum Gasteiger partial charge on any atom is 0.229 e. The molecule has 0 aromatic rings. The summed E-state index contributed by atoms with van der Waals surface area (Å²) in [5, 5.41) is 3.29. The maximum absolute atomic E-state index is 11.6. The highest BCUT2D eigenvalue weighted by molar-refractivity contribution is 5.97. The van der Waals surface area contributed by atoms with Crippen LogP contribution in [0.2, 0.25) is 0 Å². The summed E-state index contributed by atoms with van der Waals surface area (Å²) in [6.07, 6.45) is 1.64. The summed E-state index contributed by atoms with van der Waals surface area (Å²) in [6, 6.07) is 0. The van der Waals surface area contributed by atoms with Gasteiger partial charge < -0.3 is 5.32 Å². The molecule has 0 unspecified atom stereocenters. The fourth-order valence-electron chi connectivity index (χ4n) is 1.65. The van der Waals surface area contributed by atoms with Crippen molar-refractivity contribution in [2.75, 3.05) is 13.1 Å². The van der Waals surface area contributed by atoms with E-state index in [1.807, 2.05) is 0 Å². The second-order valence-corrected chi connectivity index (χ2v) is 5.58. The van der Waals surface area contributed by atoms with E-state index in [0.717, 1.165) is 5.57 Å². The van der Waals surface area contributed by atoms with E-state index in [-0.39, 0.29) is 17.4 Å². The maximum atomic E-state index is 11.6. The normalized spacial score (nSPS) is 17.5. The van der Waals surface area contributed by atoms with Crippen molar-refractivity contribution in [3.8, 4) is 0 Å². The molecular formula is C13H22N2O2. The first kappa shape index (κ1) is 13.9. The third-order valence-corrected chi connectivity index (χ3v) is 2.63. The predicted octanol–water partition coefficient (Wildman–Crippen LogP) is 1.47. The lowest BCUT2D eigenvalue weighted by Crippen LogP contribution is -2.43. The van der Waals surface area contributed by atoms with E-state index in [1.165, 1.54) is 4.90 Å². The van der Waals surface area contributed by atoms with Crippen LogP contribution in [0, 0.1) is 0 Å². The van der Waals surface area contributed by atoms with E-state index < -0.39 is 0 Å². The van der Waals surface area contributed by atoms with E-state index in [0.29, 0.717) is 32.4 Å². The number of hydrogen-bond donors (Lipinski definition) is 1. The fourth-order valence-corrected chi connectivity index (χ4v) is 1.65. The lowest BCUT2D eigenvalue weighted by atomic mass is 10.1. The first-order chi connectivity index (χ1) is 7.79. The number of piperidine rings is 1. The van der Waals surface area contributed by atoms with Gasteiger partial charge in [-0.25, -0.2) is 0 Å². The van der Waals surface area contributed by atoms with Gasteiger partial charge in [0.2, 0.25) is 11.8 Å². The van der Waals surface area contributed by atoms with Crippen molar-refractivity contribution in [3.05, 3.63) is 12.2 Å². The van der Waals surface area contributed by atoms with E-state index in [2.05, 4.69) is 32.7 Å². The topological polar surface area (TPSA) is 49.4 Å². The molecule has 1 N–H and O–H groups in total. The summed E-state index contributed by atoms with van der Waals surface area (Å²) in [5.74, 6) is -0.142. The number of imide groups is 1. The van der Waals surface area contributed by atoms with Gasteiger partial charge in [0.05, 0.1) is 6.54 Å². The molecule has 0 spiro atoms. The molecule has 1 aliphatic rings. The minimum Gasteiger partial charge on any atom is -0.308 e. The molecule has 0 saturated carbocycles. The number of likely N-dealkylation sites (tertiary alicyclic amines) is 1. The van der Waals surface area contributed by atoms with E-state index in [9.17, 15) is 9.59 Å². The van der Waals surface area contributed by atoms with Crippen LogP contribution in [0.5, 0.6) is 0 Å². The molecule has 0 aliphatic carbocycles. The Balaban J connectivity index is 2.44. The largest absolute Gasteiger partial charge is 0.308 e. The molecule has 0 aromatic carbocycles. The van der Waals surface area contributed by atoms with Gasteiger partial charge >= 0.3 is 0 Å². The highest BCUT2D eigenvalue weighted by atomic mass is 16.2. The summed E-state index contributed by atoms with van der Waals surface area (Å²) >= 11 is 0. The second-order valence-electron chi connectivity index (χ2n) is 5.58. The molecule has 1 rings (SSSR count). The van der Waals surface area contributed by atoms with Crippen LogP contribution in [0.4, 0.5) is 0 Å². The molecule has 4 nitrogen and oxygen atoms in total. The number of nitrogens with one attached hydrogen (secondary N) is 1. The quantitative estimate of drug-likeness (QED) is 0.596. The van der Waals surface area contributed by atoms with Crippen molar-refractivity contribution in [3.63, 3.8) is 0 Å². The summed E-state index contributed by atoms with van der Waals surface area (Å²) in [7, 11) is 0. The van der Waals surface area contributed by atoms with Crippen LogP contribution in [-0.2, 0) is 9.59 Å². The molecule has 1 aliphatic heterocycles. The Morgan fingerprint density at radius 3 is 2.29 bits per heavy atom. The van der Waals surface area contributed by atoms with Gasteiger partial charge in [0.15, 0.2) is 0 Å². The van der Waals surface area contributed by atoms with Crippen molar-refractivity contribution in [2.45, 2.75) is 45.6 Å². The Bertz CT molecular complexity index is 313. The molecular weight excluding hydrogens is 216 g/mol. The zero-order chi connectivity index (χ0) is 13.1. The average molecular weight is 238 g/mol. The van der Waals surface area contributed by atoms with Gasteiger partial charge in [0, 0.05) is 24.9 Å². The van der Waals surface area contributed by atoms with Gasteiger partial charge in [-0.15, -0.1) is 0 Å². The lowest BCUT2D eigenvalue weighted by Gasteiger charge is -2.27. The molecule has 1 fully saturated rings. The Labute approximate surface area is 103 Å². The van der Waals surface area contributed by atoms with Crippen LogP contribution in [0.3, 0.4) is 0 Å². The Morgan fingerprint density at radius 1 is 1.29 bits per heavy atom. The molecule has 0 bridgehead atoms. The molecule has 96 valence electrons. The molecule has 0 atom stereocenters. The van der Waals surface area contributed by atoms with Crippen molar-refractivity contribution in [1.29, 1.82) is 0 Å². The molecule has 4 heteroatoms. The third-order valence-electron chi connectivity index (χ3n) is 2.63. The van der Waals surface area contributed by atoms with Crippen molar-refractivity contribution < 1.29 is 9.59 Å². The minimum absolute atomic E-state index is 0.0128. The standard InChI is InChI=1S/C13H22N2O2/c1-10(8-14-13(2,3)4)9-15-11(16)6-5-7-12(15)17/h14H,1,5-9H2,2-4H3. The zero-order valence-electron chi connectivity index (χ0n) is 11.0. The van der Waals surface area contributed by atoms with Gasteiger partial charge in [-0.2, -0.15) is 0 Å². The SMILES string of the molecule is C=C(CNC(C)(C)C)CN1C(=O)CCCC1=O. The van der Waals surface area contributed by atoms with Gasteiger partial charge in [0.1, 0.15) is 0 Å². The summed E-state index contributed by atoms with van der Waals surface area (Å²) < 4.78 is 0. The van der Waals surface area contributed by atoms with Gasteiger partial charge in [-0.3, -0.25) is 14.5 Å². The number of carbonyl (C=O) groups excluding carboxylic acids is 2.